The SMILES string of the molecule is Cc1cnc(Nc2ncnc3sc4c(c23)CCC(C(=O)N2CCC(N(C)C)C2)C4)cc1C. The Hall–Kier alpha value is -2.58. The molecule has 1 amide bonds. The van der Waals surface area contributed by atoms with Gasteiger partial charge in [-0.3, -0.25) is 4.79 Å². The molecule has 2 aliphatic rings. The summed E-state index contributed by atoms with van der Waals surface area (Å²) in [5.41, 5.74) is 3.66. The van der Waals surface area contributed by atoms with Crippen LogP contribution in [0.25, 0.3) is 10.2 Å². The van der Waals surface area contributed by atoms with Crippen molar-refractivity contribution >= 4 is 39.1 Å². The predicted octanol–water partition coefficient (Wildman–Crippen LogP) is 3.71. The maximum absolute atomic E-state index is 13.2. The molecule has 1 aliphatic carbocycles. The Labute approximate surface area is 192 Å². The number of amides is 1. The van der Waals surface area contributed by atoms with Crippen molar-refractivity contribution in [1.82, 2.24) is 24.8 Å². The number of aromatic nitrogens is 3. The van der Waals surface area contributed by atoms with E-state index in [1.165, 1.54) is 21.6 Å². The topological polar surface area (TPSA) is 74.2 Å². The average molecular weight is 451 g/mol. The summed E-state index contributed by atoms with van der Waals surface area (Å²) in [5.74, 6) is 1.99. The van der Waals surface area contributed by atoms with E-state index in [1.54, 1.807) is 17.7 Å². The number of fused-ring (bicyclic) bond motifs is 3. The van der Waals surface area contributed by atoms with Crippen LogP contribution >= 0.6 is 11.3 Å². The number of hydrogen-bond donors (Lipinski definition) is 1. The van der Waals surface area contributed by atoms with Crippen LogP contribution in [-0.2, 0) is 17.6 Å². The van der Waals surface area contributed by atoms with Gasteiger partial charge in [-0.15, -0.1) is 11.3 Å². The summed E-state index contributed by atoms with van der Waals surface area (Å²) >= 11 is 1.71. The van der Waals surface area contributed by atoms with Gasteiger partial charge in [0.25, 0.3) is 0 Å². The molecule has 3 aromatic heterocycles. The molecule has 5 rings (SSSR count). The lowest BCUT2D eigenvalue weighted by atomic mass is 9.87. The van der Waals surface area contributed by atoms with Crippen LogP contribution in [0.5, 0.6) is 0 Å². The first-order valence-electron chi connectivity index (χ1n) is 11.3. The lowest BCUT2D eigenvalue weighted by Crippen LogP contribution is -2.39. The van der Waals surface area contributed by atoms with Crippen molar-refractivity contribution in [2.24, 2.45) is 5.92 Å². The highest BCUT2D eigenvalue weighted by molar-refractivity contribution is 7.19. The van der Waals surface area contributed by atoms with E-state index < -0.39 is 0 Å². The fourth-order valence-electron chi connectivity index (χ4n) is 4.85. The van der Waals surface area contributed by atoms with E-state index in [0.29, 0.717) is 11.9 Å². The van der Waals surface area contributed by atoms with E-state index in [1.807, 2.05) is 12.3 Å². The smallest absolute Gasteiger partial charge is 0.226 e. The van der Waals surface area contributed by atoms with Crippen LogP contribution in [0.15, 0.2) is 18.6 Å². The minimum absolute atomic E-state index is 0.0715. The first-order chi connectivity index (χ1) is 15.4. The van der Waals surface area contributed by atoms with E-state index in [2.05, 4.69) is 58.0 Å². The summed E-state index contributed by atoms with van der Waals surface area (Å²) in [6.07, 6.45) is 7.14. The maximum atomic E-state index is 13.2. The van der Waals surface area contributed by atoms with Crippen molar-refractivity contribution in [2.75, 3.05) is 32.5 Å². The van der Waals surface area contributed by atoms with Crippen molar-refractivity contribution in [3.8, 4) is 0 Å². The number of pyridine rings is 1. The van der Waals surface area contributed by atoms with Gasteiger partial charge in [-0.25, -0.2) is 15.0 Å². The standard InChI is InChI=1S/C24H30N6OS/c1-14-9-20(25-11-15(14)2)28-22-21-18-6-5-16(10-19(18)32-23(21)27-13-26-22)24(31)30-8-7-17(12-30)29(3)4/h9,11,13,16-17H,5-8,10,12H2,1-4H3,(H,25,26,27,28). The van der Waals surface area contributed by atoms with Crippen molar-refractivity contribution in [2.45, 2.75) is 45.6 Å². The number of likely N-dealkylation sites (N-methyl/N-ethyl adjacent to an activating group) is 1. The summed E-state index contributed by atoms with van der Waals surface area (Å²) in [6.45, 7) is 5.87. The Bertz CT molecular complexity index is 1170. The molecule has 3 aromatic rings. The molecule has 1 aliphatic heterocycles. The molecule has 0 spiro atoms. The molecule has 8 heteroatoms. The van der Waals surface area contributed by atoms with Gasteiger partial charge in [0, 0.05) is 36.1 Å². The molecule has 32 heavy (non-hydrogen) atoms. The van der Waals surface area contributed by atoms with Crippen molar-refractivity contribution < 1.29 is 4.79 Å². The highest BCUT2D eigenvalue weighted by atomic mass is 32.1. The number of rotatable bonds is 4. The predicted molar refractivity (Wildman–Crippen MR) is 129 cm³/mol. The maximum Gasteiger partial charge on any atom is 0.226 e. The number of aryl methyl sites for hydroxylation is 3. The molecule has 2 atom stereocenters. The Balaban J connectivity index is 1.38. The van der Waals surface area contributed by atoms with Crippen LogP contribution < -0.4 is 5.32 Å². The minimum Gasteiger partial charge on any atom is -0.341 e. The Kier molecular flexibility index (Phi) is 5.59. The molecule has 7 nitrogen and oxygen atoms in total. The van der Waals surface area contributed by atoms with Crippen molar-refractivity contribution in [3.63, 3.8) is 0 Å². The second-order valence-corrected chi connectivity index (χ2v) is 10.4. The van der Waals surface area contributed by atoms with Crippen LogP contribution in [0, 0.1) is 19.8 Å². The molecule has 1 N–H and O–H groups in total. The zero-order valence-electron chi connectivity index (χ0n) is 19.2. The average Bonchev–Trinajstić information content (AvgIpc) is 3.41. The van der Waals surface area contributed by atoms with Crippen LogP contribution in [0.3, 0.4) is 0 Å². The largest absolute Gasteiger partial charge is 0.341 e. The van der Waals surface area contributed by atoms with Crippen molar-refractivity contribution in [3.05, 3.63) is 40.2 Å². The van der Waals surface area contributed by atoms with Crippen LogP contribution in [0.1, 0.15) is 34.4 Å². The quantitative estimate of drug-likeness (QED) is 0.653. The molecule has 1 saturated heterocycles. The van der Waals surface area contributed by atoms with Crippen LogP contribution in [0.2, 0.25) is 0 Å². The highest BCUT2D eigenvalue weighted by Crippen LogP contribution is 2.41. The first-order valence-corrected chi connectivity index (χ1v) is 12.1. The van der Waals surface area contributed by atoms with E-state index in [9.17, 15) is 4.79 Å². The Morgan fingerprint density at radius 1 is 1.19 bits per heavy atom. The summed E-state index contributed by atoms with van der Waals surface area (Å²) < 4.78 is 0. The molecule has 4 heterocycles. The third kappa shape index (κ3) is 3.86. The molecule has 0 radical (unpaired) electrons. The third-order valence-electron chi connectivity index (χ3n) is 7.02. The number of likely N-dealkylation sites (tertiary alicyclic amines) is 1. The van der Waals surface area contributed by atoms with E-state index in [0.717, 1.165) is 60.6 Å². The van der Waals surface area contributed by atoms with Gasteiger partial charge in [-0.05, 0) is 76.4 Å². The van der Waals surface area contributed by atoms with Gasteiger partial charge in [0.05, 0.1) is 5.39 Å². The normalized spacial score (nSPS) is 20.7. The lowest BCUT2D eigenvalue weighted by molar-refractivity contribution is -0.134. The van der Waals surface area contributed by atoms with E-state index in [-0.39, 0.29) is 5.92 Å². The van der Waals surface area contributed by atoms with Gasteiger partial charge in [-0.1, -0.05) is 0 Å². The summed E-state index contributed by atoms with van der Waals surface area (Å²) in [7, 11) is 4.20. The summed E-state index contributed by atoms with van der Waals surface area (Å²) in [4.78, 5) is 33.4. The second kappa shape index (κ2) is 8.41. The van der Waals surface area contributed by atoms with Gasteiger partial charge in [0.2, 0.25) is 5.91 Å². The lowest BCUT2D eigenvalue weighted by Gasteiger charge is -2.27. The fourth-order valence-corrected chi connectivity index (χ4v) is 6.12. The second-order valence-electron chi connectivity index (χ2n) is 9.32. The van der Waals surface area contributed by atoms with Crippen molar-refractivity contribution in [1.29, 1.82) is 0 Å². The molecule has 0 aromatic carbocycles. The number of carbonyl (C=O) groups excluding carboxylic acids is 1. The molecule has 168 valence electrons. The zero-order valence-corrected chi connectivity index (χ0v) is 20.0. The molecular weight excluding hydrogens is 420 g/mol. The van der Waals surface area contributed by atoms with Gasteiger partial charge in [-0.2, -0.15) is 0 Å². The molecule has 1 fully saturated rings. The fraction of sp³-hybridized carbons (Fsp3) is 0.500. The number of anilines is 2. The van der Waals surface area contributed by atoms with Gasteiger partial charge < -0.3 is 15.1 Å². The van der Waals surface area contributed by atoms with Gasteiger partial charge in [0.1, 0.15) is 22.8 Å². The molecule has 0 bridgehead atoms. The number of hydrogen-bond acceptors (Lipinski definition) is 7. The van der Waals surface area contributed by atoms with Crippen LogP contribution in [0.4, 0.5) is 11.6 Å². The monoisotopic (exact) mass is 450 g/mol. The summed E-state index contributed by atoms with van der Waals surface area (Å²) in [6, 6.07) is 2.53. The number of thiophene rings is 1. The number of nitrogens with one attached hydrogen (secondary N) is 1. The summed E-state index contributed by atoms with van der Waals surface area (Å²) in [5, 5.41) is 4.50. The Morgan fingerprint density at radius 3 is 2.78 bits per heavy atom. The van der Waals surface area contributed by atoms with Gasteiger partial charge >= 0.3 is 0 Å². The minimum atomic E-state index is 0.0715. The van der Waals surface area contributed by atoms with Crippen LogP contribution in [-0.4, -0.2) is 63.9 Å². The number of carbonyl (C=O) groups is 1. The van der Waals surface area contributed by atoms with Gasteiger partial charge in [0.15, 0.2) is 0 Å². The third-order valence-corrected chi connectivity index (χ3v) is 8.18. The number of nitrogens with zero attached hydrogens (tertiary/aromatic N) is 5. The van der Waals surface area contributed by atoms with E-state index in [4.69, 9.17) is 0 Å². The van der Waals surface area contributed by atoms with E-state index >= 15 is 0 Å². The highest BCUT2D eigenvalue weighted by Gasteiger charge is 2.35. The molecule has 2 unspecified atom stereocenters. The molecular formula is C24H30N6OS. The zero-order chi connectivity index (χ0) is 22.4. The first kappa shape index (κ1) is 21.3. The molecule has 0 saturated carbocycles. The Morgan fingerprint density at radius 2 is 2.03 bits per heavy atom.